The van der Waals surface area contributed by atoms with Gasteiger partial charge in [-0.1, -0.05) is 19.1 Å². The van der Waals surface area contributed by atoms with Crippen molar-refractivity contribution in [1.29, 1.82) is 0 Å². The largest absolute Gasteiger partial charge is 0.484 e. The summed E-state index contributed by atoms with van der Waals surface area (Å²) in [5.41, 5.74) is 4.45. The third-order valence-corrected chi connectivity index (χ3v) is 2.79. The van der Waals surface area contributed by atoms with Gasteiger partial charge in [-0.15, -0.1) is 0 Å². The molecule has 0 aliphatic heterocycles. The molecule has 0 fully saturated rings. The lowest BCUT2D eigenvalue weighted by Gasteiger charge is -2.06. The molecule has 0 aliphatic rings. The summed E-state index contributed by atoms with van der Waals surface area (Å²) < 4.78 is 5.42. The Kier molecular flexibility index (Phi) is 5.46. The van der Waals surface area contributed by atoms with Gasteiger partial charge in [-0.3, -0.25) is 9.78 Å². The average molecular weight is 283 g/mol. The van der Waals surface area contributed by atoms with Crippen LogP contribution in [-0.4, -0.2) is 23.7 Å². The molecule has 21 heavy (non-hydrogen) atoms. The highest BCUT2D eigenvalue weighted by Crippen LogP contribution is 2.13. The van der Waals surface area contributed by atoms with Crippen molar-refractivity contribution in [3.63, 3.8) is 0 Å². The van der Waals surface area contributed by atoms with Crippen molar-refractivity contribution in [2.24, 2.45) is 5.10 Å². The van der Waals surface area contributed by atoms with Gasteiger partial charge in [0.15, 0.2) is 6.61 Å². The Hall–Kier alpha value is -2.69. The molecule has 108 valence electrons. The van der Waals surface area contributed by atoms with E-state index in [-0.39, 0.29) is 12.5 Å². The van der Waals surface area contributed by atoms with Crippen molar-refractivity contribution in [3.05, 3.63) is 59.9 Å². The molecule has 1 N–H and O–H groups in total. The van der Waals surface area contributed by atoms with E-state index in [1.54, 1.807) is 30.7 Å². The second-order valence-electron chi connectivity index (χ2n) is 4.36. The summed E-state index contributed by atoms with van der Waals surface area (Å²) in [7, 11) is 0. The number of rotatable bonds is 6. The topological polar surface area (TPSA) is 63.6 Å². The van der Waals surface area contributed by atoms with Crippen LogP contribution in [0, 0.1) is 0 Å². The standard InChI is InChI=1S/C16H17N3O2/c1-2-13-4-3-5-15(10-13)21-12-16(20)19-18-11-14-6-8-17-9-7-14/h3-11H,2,12H2,1H3,(H,19,20)/b18-11+. The van der Waals surface area contributed by atoms with Gasteiger partial charge in [-0.05, 0) is 41.8 Å². The number of aromatic nitrogens is 1. The quantitative estimate of drug-likeness (QED) is 0.653. The van der Waals surface area contributed by atoms with Crippen LogP contribution in [0.4, 0.5) is 0 Å². The molecule has 0 aliphatic carbocycles. The number of carbonyl (C=O) groups is 1. The van der Waals surface area contributed by atoms with E-state index in [4.69, 9.17) is 4.74 Å². The molecule has 0 saturated heterocycles. The van der Waals surface area contributed by atoms with E-state index in [0.717, 1.165) is 12.0 Å². The van der Waals surface area contributed by atoms with E-state index in [1.165, 1.54) is 5.56 Å². The smallest absolute Gasteiger partial charge is 0.277 e. The van der Waals surface area contributed by atoms with Crippen molar-refractivity contribution in [2.45, 2.75) is 13.3 Å². The van der Waals surface area contributed by atoms with Crippen molar-refractivity contribution in [2.75, 3.05) is 6.61 Å². The first-order chi connectivity index (χ1) is 10.3. The second-order valence-corrected chi connectivity index (χ2v) is 4.36. The molecule has 0 atom stereocenters. The van der Waals surface area contributed by atoms with E-state index < -0.39 is 0 Å². The minimum absolute atomic E-state index is 0.0686. The summed E-state index contributed by atoms with van der Waals surface area (Å²) >= 11 is 0. The van der Waals surface area contributed by atoms with Crippen LogP contribution in [0.3, 0.4) is 0 Å². The van der Waals surface area contributed by atoms with Crippen LogP contribution in [0.1, 0.15) is 18.1 Å². The molecule has 1 heterocycles. The van der Waals surface area contributed by atoms with Gasteiger partial charge in [-0.25, -0.2) is 5.43 Å². The molecule has 0 saturated carbocycles. The SMILES string of the molecule is CCc1cccc(OCC(=O)N/N=C/c2ccncc2)c1. The summed E-state index contributed by atoms with van der Waals surface area (Å²) in [4.78, 5) is 15.5. The minimum atomic E-state index is -0.304. The number of hydrazone groups is 1. The van der Waals surface area contributed by atoms with Gasteiger partial charge in [0, 0.05) is 12.4 Å². The molecule has 0 radical (unpaired) electrons. The van der Waals surface area contributed by atoms with E-state index in [1.807, 2.05) is 24.3 Å². The van der Waals surface area contributed by atoms with Gasteiger partial charge in [-0.2, -0.15) is 5.10 Å². The Morgan fingerprint density at radius 1 is 1.33 bits per heavy atom. The molecule has 2 rings (SSSR count). The number of nitrogens with zero attached hydrogens (tertiary/aromatic N) is 2. The summed E-state index contributed by atoms with van der Waals surface area (Å²) in [6.07, 6.45) is 5.80. The molecule has 1 aromatic heterocycles. The number of pyridine rings is 1. The van der Waals surface area contributed by atoms with Crippen LogP contribution in [-0.2, 0) is 11.2 Å². The number of benzene rings is 1. The van der Waals surface area contributed by atoms with Crippen LogP contribution in [0.5, 0.6) is 5.75 Å². The van der Waals surface area contributed by atoms with Crippen molar-refractivity contribution >= 4 is 12.1 Å². The number of hydrogen-bond donors (Lipinski definition) is 1. The third-order valence-electron chi connectivity index (χ3n) is 2.79. The van der Waals surface area contributed by atoms with E-state index >= 15 is 0 Å². The monoisotopic (exact) mass is 283 g/mol. The molecule has 0 unspecified atom stereocenters. The lowest BCUT2D eigenvalue weighted by Crippen LogP contribution is -2.24. The van der Waals surface area contributed by atoms with Gasteiger partial charge in [0.05, 0.1) is 6.21 Å². The number of amides is 1. The van der Waals surface area contributed by atoms with E-state index in [2.05, 4.69) is 22.4 Å². The highest BCUT2D eigenvalue weighted by atomic mass is 16.5. The Morgan fingerprint density at radius 3 is 2.90 bits per heavy atom. The average Bonchev–Trinajstić information content (AvgIpc) is 2.54. The summed E-state index contributed by atoms with van der Waals surface area (Å²) in [5, 5.41) is 3.86. The number of nitrogens with one attached hydrogen (secondary N) is 1. The maximum absolute atomic E-state index is 11.6. The zero-order valence-electron chi connectivity index (χ0n) is 11.8. The third kappa shape index (κ3) is 5.06. The van der Waals surface area contributed by atoms with Gasteiger partial charge in [0.25, 0.3) is 5.91 Å². The lowest BCUT2D eigenvalue weighted by atomic mass is 10.2. The van der Waals surface area contributed by atoms with E-state index in [0.29, 0.717) is 5.75 Å². The highest BCUT2D eigenvalue weighted by Gasteiger charge is 2.01. The predicted octanol–water partition coefficient (Wildman–Crippen LogP) is 2.17. The Morgan fingerprint density at radius 2 is 2.14 bits per heavy atom. The first-order valence-electron chi connectivity index (χ1n) is 6.71. The van der Waals surface area contributed by atoms with E-state index in [9.17, 15) is 4.79 Å². The molecule has 1 aromatic carbocycles. The molecule has 2 aromatic rings. The summed E-state index contributed by atoms with van der Waals surface area (Å²) in [5.74, 6) is 0.379. The number of carbonyl (C=O) groups excluding carboxylic acids is 1. The van der Waals surface area contributed by atoms with Crippen molar-refractivity contribution in [3.8, 4) is 5.75 Å². The fourth-order valence-electron chi connectivity index (χ4n) is 1.66. The molecular weight excluding hydrogens is 266 g/mol. The fourth-order valence-corrected chi connectivity index (χ4v) is 1.66. The first kappa shape index (κ1) is 14.7. The van der Waals surface area contributed by atoms with Crippen LogP contribution < -0.4 is 10.2 Å². The van der Waals surface area contributed by atoms with Crippen LogP contribution >= 0.6 is 0 Å². The van der Waals surface area contributed by atoms with Crippen LogP contribution in [0.15, 0.2) is 53.9 Å². The Balaban J connectivity index is 1.78. The predicted molar refractivity (Wildman–Crippen MR) is 81.3 cm³/mol. The number of hydrogen-bond acceptors (Lipinski definition) is 4. The van der Waals surface area contributed by atoms with Gasteiger partial charge in [0.2, 0.25) is 0 Å². The highest BCUT2D eigenvalue weighted by molar-refractivity contribution is 5.82. The van der Waals surface area contributed by atoms with Gasteiger partial charge in [0.1, 0.15) is 5.75 Å². The summed E-state index contributed by atoms with van der Waals surface area (Å²) in [6, 6.07) is 11.3. The van der Waals surface area contributed by atoms with Crippen LogP contribution in [0.2, 0.25) is 0 Å². The van der Waals surface area contributed by atoms with Gasteiger partial charge < -0.3 is 4.74 Å². The molecule has 5 heteroatoms. The minimum Gasteiger partial charge on any atom is -0.484 e. The van der Waals surface area contributed by atoms with Crippen molar-refractivity contribution in [1.82, 2.24) is 10.4 Å². The van der Waals surface area contributed by atoms with Crippen molar-refractivity contribution < 1.29 is 9.53 Å². The maximum Gasteiger partial charge on any atom is 0.277 e. The van der Waals surface area contributed by atoms with Crippen LogP contribution in [0.25, 0.3) is 0 Å². The molecule has 0 bridgehead atoms. The first-order valence-corrected chi connectivity index (χ1v) is 6.71. The fraction of sp³-hybridized carbons (Fsp3) is 0.188. The second kappa shape index (κ2) is 7.79. The molecule has 1 amide bonds. The number of ether oxygens (including phenoxy) is 1. The Labute approximate surface area is 123 Å². The van der Waals surface area contributed by atoms with Gasteiger partial charge >= 0.3 is 0 Å². The molecular formula is C16H17N3O2. The zero-order chi connectivity index (χ0) is 14.9. The lowest BCUT2D eigenvalue weighted by molar-refractivity contribution is -0.123. The Bertz CT molecular complexity index is 612. The molecule has 0 spiro atoms. The number of aryl methyl sites for hydroxylation is 1. The normalized spacial score (nSPS) is 10.5. The summed E-state index contributed by atoms with van der Waals surface area (Å²) in [6.45, 7) is 2.00. The molecule has 5 nitrogen and oxygen atoms in total. The maximum atomic E-state index is 11.6. The zero-order valence-corrected chi connectivity index (χ0v) is 11.8.